The van der Waals surface area contributed by atoms with Gasteiger partial charge in [0.15, 0.2) is 0 Å². The maximum Gasteiger partial charge on any atom is 0.256 e. The Labute approximate surface area is 81.9 Å². The lowest BCUT2D eigenvalue weighted by atomic mass is 10.0. The Morgan fingerprint density at radius 2 is 2.14 bits per heavy atom. The van der Waals surface area contributed by atoms with Crippen molar-refractivity contribution < 1.29 is 8.78 Å². The summed E-state index contributed by atoms with van der Waals surface area (Å²) in [4.78, 5) is 3.83. The van der Waals surface area contributed by atoms with Crippen LogP contribution in [-0.4, -0.2) is 16.0 Å². The number of imidazole rings is 1. The Balaban J connectivity index is 2.81. The van der Waals surface area contributed by atoms with Crippen molar-refractivity contribution in [3.63, 3.8) is 0 Å². The van der Waals surface area contributed by atoms with E-state index < -0.39 is 6.43 Å². The molecule has 1 aromatic rings. The molecule has 0 fully saturated rings. The highest BCUT2D eigenvalue weighted by Gasteiger charge is 2.16. The zero-order valence-corrected chi connectivity index (χ0v) is 8.32. The Morgan fingerprint density at radius 1 is 1.50 bits per heavy atom. The fourth-order valence-electron chi connectivity index (χ4n) is 1.25. The van der Waals surface area contributed by atoms with E-state index in [9.17, 15) is 8.78 Å². The number of rotatable bonds is 4. The van der Waals surface area contributed by atoms with Crippen molar-refractivity contribution >= 4 is 0 Å². The van der Waals surface area contributed by atoms with E-state index in [2.05, 4.69) is 4.98 Å². The number of hydrogen-bond donors (Lipinski definition) is 1. The molecule has 0 spiro atoms. The fraction of sp³-hybridized carbons (Fsp3) is 0.667. The summed E-state index contributed by atoms with van der Waals surface area (Å²) in [5, 5.41) is 0. The maximum atomic E-state index is 12.2. The Morgan fingerprint density at radius 3 is 2.64 bits per heavy atom. The number of halogens is 2. The maximum absolute atomic E-state index is 12.2. The first-order valence-electron chi connectivity index (χ1n) is 4.56. The molecule has 0 amide bonds. The largest absolute Gasteiger partial charge is 0.327 e. The van der Waals surface area contributed by atoms with Crippen molar-refractivity contribution in [2.24, 2.45) is 11.7 Å². The molecule has 3 nitrogen and oxygen atoms in total. The minimum atomic E-state index is -2.37. The van der Waals surface area contributed by atoms with E-state index in [0.29, 0.717) is 5.69 Å². The average molecular weight is 203 g/mol. The van der Waals surface area contributed by atoms with Crippen molar-refractivity contribution in [2.45, 2.75) is 32.9 Å². The Kier molecular flexibility index (Phi) is 3.57. The van der Waals surface area contributed by atoms with Gasteiger partial charge >= 0.3 is 0 Å². The zero-order valence-electron chi connectivity index (χ0n) is 8.32. The second-order valence-corrected chi connectivity index (χ2v) is 3.63. The van der Waals surface area contributed by atoms with Gasteiger partial charge < -0.3 is 10.3 Å². The number of hydrogen-bond acceptors (Lipinski definition) is 2. The van der Waals surface area contributed by atoms with Crippen LogP contribution < -0.4 is 5.73 Å². The van der Waals surface area contributed by atoms with Crippen LogP contribution >= 0.6 is 0 Å². The molecule has 1 heterocycles. The molecule has 80 valence electrons. The van der Waals surface area contributed by atoms with Gasteiger partial charge in [-0.1, -0.05) is 13.8 Å². The molecule has 0 bridgehead atoms. The van der Waals surface area contributed by atoms with E-state index in [0.717, 1.165) is 0 Å². The van der Waals surface area contributed by atoms with Gasteiger partial charge in [0.2, 0.25) is 0 Å². The third kappa shape index (κ3) is 2.51. The topological polar surface area (TPSA) is 43.8 Å². The number of nitrogens with two attached hydrogens (primary N) is 1. The van der Waals surface area contributed by atoms with Crippen LogP contribution in [0.25, 0.3) is 0 Å². The van der Waals surface area contributed by atoms with Crippen LogP contribution in [0.2, 0.25) is 0 Å². The summed E-state index contributed by atoms with van der Waals surface area (Å²) in [5.41, 5.74) is 6.52. The van der Waals surface area contributed by atoms with Gasteiger partial charge in [-0.15, -0.1) is 0 Å². The second-order valence-electron chi connectivity index (χ2n) is 3.63. The van der Waals surface area contributed by atoms with Crippen molar-refractivity contribution in [3.8, 4) is 0 Å². The van der Waals surface area contributed by atoms with Gasteiger partial charge in [-0.25, -0.2) is 13.8 Å². The van der Waals surface area contributed by atoms with Crippen LogP contribution in [0.5, 0.6) is 0 Å². The third-order valence-corrected chi connectivity index (χ3v) is 2.14. The summed E-state index contributed by atoms with van der Waals surface area (Å²) >= 11 is 0. The van der Waals surface area contributed by atoms with Crippen LogP contribution in [0.3, 0.4) is 0 Å². The smallest absolute Gasteiger partial charge is 0.256 e. The summed E-state index contributed by atoms with van der Waals surface area (Å²) in [6.45, 7) is 3.56. The molecule has 0 aliphatic carbocycles. The first-order valence-corrected chi connectivity index (χ1v) is 4.56. The molecule has 5 heteroatoms. The highest BCUT2D eigenvalue weighted by atomic mass is 19.3. The van der Waals surface area contributed by atoms with Crippen molar-refractivity contribution in [1.82, 2.24) is 9.55 Å². The molecule has 0 aromatic carbocycles. The summed E-state index contributed by atoms with van der Waals surface area (Å²) in [6, 6.07) is -0.240. The molecule has 1 aromatic heterocycles. The summed E-state index contributed by atoms with van der Waals surface area (Å²) < 4.78 is 25.7. The number of aromatic nitrogens is 2. The summed E-state index contributed by atoms with van der Waals surface area (Å²) in [6.07, 6.45) is 0.568. The zero-order chi connectivity index (χ0) is 10.7. The Hall–Kier alpha value is -0.970. The van der Waals surface area contributed by atoms with Crippen molar-refractivity contribution in [1.29, 1.82) is 0 Å². The minimum absolute atomic E-state index is 0.211. The van der Waals surface area contributed by atoms with Gasteiger partial charge in [0.05, 0.1) is 18.6 Å². The molecule has 14 heavy (non-hydrogen) atoms. The molecule has 0 aliphatic rings. The van der Waals surface area contributed by atoms with E-state index >= 15 is 0 Å². The molecular weight excluding hydrogens is 188 g/mol. The van der Waals surface area contributed by atoms with Gasteiger partial charge in [-0.3, -0.25) is 0 Å². The van der Waals surface area contributed by atoms with Gasteiger partial charge in [0.1, 0.15) is 0 Å². The van der Waals surface area contributed by atoms with E-state index in [4.69, 9.17) is 5.73 Å². The van der Waals surface area contributed by atoms with Crippen molar-refractivity contribution in [3.05, 3.63) is 18.2 Å². The molecule has 0 saturated heterocycles. The molecule has 0 aliphatic heterocycles. The fourth-order valence-corrected chi connectivity index (χ4v) is 1.25. The predicted molar refractivity (Wildman–Crippen MR) is 50.0 cm³/mol. The first kappa shape index (κ1) is 11.1. The summed E-state index contributed by atoms with van der Waals surface area (Å²) in [5.74, 6) is 0.211. The normalized spacial score (nSPS) is 13.9. The lowest BCUT2D eigenvalue weighted by molar-refractivity contribution is 0.124. The highest BCUT2D eigenvalue weighted by molar-refractivity contribution is 5.05. The molecule has 1 unspecified atom stereocenters. The van der Waals surface area contributed by atoms with Gasteiger partial charge in [-0.05, 0) is 5.92 Å². The SMILES string of the molecule is CC(C)C(N)c1cncn1CC(F)F. The van der Waals surface area contributed by atoms with Gasteiger partial charge in [0, 0.05) is 12.2 Å². The van der Waals surface area contributed by atoms with Crippen LogP contribution in [0.15, 0.2) is 12.5 Å². The van der Waals surface area contributed by atoms with Crippen molar-refractivity contribution in [2.75, 3.05) is 0 Å². The lowest BCUT2D eigenvalue weighted by Crippen LogP contribution is -2.21. The third-order valence-electron chi connectivity index (χ3n) is 2.14. The molecule has 1 rings (SSSR count). The number of alkyl halides is 2. The van der Waals surface area contributed by atoms with E-state index in [1.807, 2.05) is 13.8 Å². The quantitative estimate of drug-likeness (QED) is 0.811. The van der Waals surface area contributed by atoms with E-state index in [-0.39, 0.29) is 18.5 Å². The molecular formula is C9H15F2N3. The van der Waals surface area contributed by atoms with Gasteiger partial charge in [-0.2, -0.15) is 0 Å². The van der Waals surface area contributed by atoms with Crippen LogP contribution in [0.1, 0.15) is 25.6 Å². The molecule has 2 N–H and O–H groups in total. The predicted octanol–water partition coefficient (Wildman–Crippen LogP) is 1.80. The number of nitrogens with zero attached hydrogens (tertiary/aromatic N) is 2. The van der Waals surface area contributed by atoms with Crippen LogP contribution in [0.4, 0.5) is 8.78 Å². The van der Waals surface area contributed by atoms with E-state index in [1.165, 1.54) is 10.9 Å². The van der Waals surface area contributed by atoms with Crippen LogP contribution in [0, 0.1) is 5.92 Å². The second kappa shape index (κ2) is 4.50. The minimum Gasteiger partial charge on any atom is -0.327 e. The monoisotopic (exact) mass is 203 g/mol. The molecule has 0 saturated carbocycles. The Bertz CT molecular complexity index is 283. The standard InChI is InChI=1S/C9H15F2N3/c1-6(2)9(12)7-3-13-5-14(7)4-8(10)11/h3,5-6,8-9H,4,12H2,1-2H3. The molecule has 0 radical (unpaired) electrons. The highest BCUT2D eigenvalue weighted by Crippen LogP contribution is 2.18. The first-order chi connectivity index (χ1) is 6.52. The lowest BCUT2D eigenvalue weighted by Gasteiger charge is -2.17. The van der Waals surface area contributed by atoms with E-state index in [1.54, 1.807) is 6.20 Å². The average Bonchev–Trinajstić information content (AvgIpc) is 2.49. The van der Waals surface area contributed by atoms with Gasteiger partial charge in [0.25, 0.3) is 6.43 Å². The van der Waals surface area contributed by atoms with Crippen LogP contribution in [-0.2, 0) is 6.54 Å². The summed E-state index contributed by atoms with van der Waals surface area (Å²) in [7, 11) is 0. The molecule has 1 atom stereocenters.